The van der Waals surface area contributed by atoms with E-state index in [1.165, 1.54) is 9.79 Å². The monoisotopic (exact) mass is 286 g/mol. The molecule has 0 aromatic heterocycles. The third-order valence-corrected chi connectivity index (χ3v) is 9.00. The molecule has 1 aromatic carbocycles. The zero-order valence-corrected chi connectivity index (χ0v) is 14.8. The van der Waals surface area contributed by atoms with Gasteiger partial charge in [-0.15, -0.1) is 0 Å². The molecule has 4 heteroatoms. The molecule has 0 atom stereocenters. The summed E-state index contributed by atoms with van der Waals surface area (Å²) in [5, 5.41) is 0. The molecule has 0 saturated carbocycles. The van der Waals surface area contributed by atoms with E-state index in [0.29, 0.717) is 0 Å². The van der Waals surface area contributed by atoms with Crippen LogP contribution in [-0.4, -0.2) is 14.4 Å². The molecule has 0 spiro atoms. The van der Waals surface area contributed by atoms with E-state index >= 15 is 0 Å². The minimum Gasteiger partial charge on any atom is -0.152 e. The van der Waals surface area contributed by atoms with E-state index in [0.717, 1.165) is 0 Å². The quantitative estimate of drug-likeness (QED) is 0.666. The van der Waals surface area contributed by atoms with E-state index < -0.39 is 14.4 Å². The largest absolute Gasteiger partial charge is 0.152 e. The summed E-state index contributed by atoms with van der Waals surface area (Å²) in [7, 11) is -2.09. The molecule has 0 saturated heterocycles. The molecule has 0 aliphatic carbocycles. The molecule has 1 aromatic rings. The lowest BCUT2D eigenvalue weighted by molar-refractivity contribution is 1.36. The molecule has 1 rings (SSSR count). The Balaban J connectivity index is 2.69. The molecule has 0 heterocycles. The highest BCUT2D eigenvalue weighted by Gasteiger charge is 2.16. The molecule has 0 N–H and O–H groups in total. The van der Waals surface area contributed by atoms with Crippen molar-refractivity contribution in [2.75, 3.05) is 0 Å². The number of hydrogen-bond acceptors (Lipinski definition) is 2. The van der Waals surface area contributed by atoms with Crippen LogP contribution in [0.15, 0.2) is 34.1 Å². The fraction of sp³-hybridized carbons (Fsp3) is 0.500. The molecule has 0 nitrogen and oxygen atoms in total. The van der Waals surface area contributed by atoms with E-state index in [1.807, 2.05) is 0 Å². The summed E-state index contributed by atoms with van der Waals surface area (Å²) in [5.74, 6) is 0. The van der Waals surface area contributed by atoms with Crippen molar-refractivity contribution in [2.45, 2.75) is 49.1 Å². The van der Waals surface area contributed by atoms with Gasteiger partial charge in [-0.3, -0.25) is 0 Å². The standard InChI is InChI=1S/C12H22S2Si2/c1-15(2,3)13-11-7-9-12(10-8-11)14-16(4,5)6/h7-10H,1-6H3. The van der Waals surface area contributed by atoms with Crippen LogP contribution in [0.1, 0.15) is 0 Å². The van der Waals surface area contributed by atoms with Gasteiger partial charge in [0.25, 0.3) is 0 Å². The lowest BCUT2D eigenvalue weighted by Gasteiger charge is -2.17. The van der Waals surface area contributed by atoms with Gasteiger partial charge in [-0.05, 0) is 24.3 Å². The van der Waals surface area contributed by atoms with Gasteiger partial charge in [0.05, 0.1) is 0 Å². The topological polar surface area (TPSA) is 0 Å². The Bertz CT molecular complexity index is 299. The highest BCUT2D eigenvalue weighted by Crippen LogP contribution is 2.33. The van der Waals surface area contributed by atoms with Gasteiger partial charge in [0.1, 0.15) is 14.4 Å². The van der Waals surface area contributed by atoms with Gasteiger partial charge in [-0.2, -0.15) is 22.4 Å². The van der Waals surface area contributed by atoms with E-state index in [-0.39, 0.29) is 0 Å². The van der Waals surface area contributed by atoms with Crippen LogP contribution in [0.3, 0.4) is 0 Å². The van der Waals surface area contributed by atoms with Gasteiger partial charge in [0.15, 0.2) is 0 Å². The van der Waals surface area contributed by atoms with Crippen LogP contribution >= 0.6 is 22.4 Å². The summed E-state index contributed by atoms with van der Waals surface area (Å²) in [4.78, 5) is 2.86. The Labute approximate surface area is 110 Å². The van der Waals surface area contributed by atoms with Crippen LogP contribution in [-0.2, 0) is 0 Å². The maximum Gasteiger partial charge on any atom is 0.114 e. The van der Waals surface area contributed by atoms with Gasteiger partial charge >= 0.3 is 0 Å². The minimum absolute atomic E-state index is 1.04. The van der Waals surface area contributed by atoms with E-state index in [4.69, 9.17) is 0 Å². The first-order valence-corrected chi connectivity index (χ1v) is 15.7. The average molecular weight is 287 g/mol. The van der Waals surface area contributed by atoms with Crippen molar-refractivity contribution in [3.8, 4) is 0 Å². The molecule has 0 unspecified atom stereocenters. The second kappa shape index (κ2) is 5.33. The van der Waals surface area contributed by atoms with Gasteiger partial charge in [-0.1, -0.05) is 39.3 Å². The predicted molar refractivity (Wildman–Crippen MR) is 84.8 cm³/mol. The third kappa shape index (κ3) is 6.18. The number of benzene rings is 1. The Hall–Kier alpha value is 0.354. The van der Waals surface area contributed by atoms with Crippen molar-refractivity contribution in [1.82, 2.24) is 0 Å². The fourth-order valence-electron chi connectivity index (χ4n) is 1.28. The van der Waals surface area contributed by atoms with Crippen LogP contribution in [0.4, 0.5) is 0 Å². The van der Waals surface area contributed by atoms with Gasteiger partial charge < -0.3 is 0 Å². The first kappa shape index (κ1) is 14.4. The van der Waals surface area contributed by atoms with Crippen LogP contribution in [0.25, 0.3) is 0 Å². The molecule has 0 aliphatic rings. The molecule has 0 bridgehead atoms. The Morgan fingerprint density at radius 3 is 1.06 bits per heavy atom. The predicted octanol–water partition coefficient (Wildman–Crippen LogP) is 5.54. The van der Waals surface area contributed by atoms with Crippen LogP contribution in [0.2, 0.25) is 39.3 Å². The van der Waals surface area contributed by atoms with Crippen molar-refractivity contribution in [3.63, 3.8) is 0 Å². The van der Waals surface area contributed by atoms with Crippen LogP contribution in [0, 0.1) is 0 Å². The lowest BCUT2D eigenvalue weighted by atomic mass is 10.4. The summed E-state index contributed by atoms with van der Waals surface area (Å²) < 4.78 is 0. The Kier molecular flexibility index (Phi) is 4.81. The maximum absolute atomic E-state index is 2.39. The van der Waals surface area contributed by atoms with Crippen molar-refractivity contribution in [2.24, 2.45) is 0 Å². The van der Waals surface area contributed by atoms with Gasteiger partial charge in [-0.25, -0.2) is 0 Å². The third-order valence-electron chi connectivity index (χ3n) is 1.67. The molecular formula is C12H22S2Si2. The summed E-state index contributed by atoms with van der Waals surface area (Å²) in [6, 6.07) is 9.13. The van der Waals surface area contributed by atoms with Crippen molar-refractivity contribution in [3.05, 3.63) is 24.3 Å². The van der Waals surface area contributed by atoms with E-state index in [9.17, 15) is 0 Å². The molecule has 0 amide bonds. The minimum atomic E-state index is -1.04. The first-order chi connectivity index (χ1) is 7.16. The van der Waals surface area contributed by atoms with Crippen molar-refractivity contribution >= 4 is 36.9 Å². The summed E-state index contributed by atoms with van der Waals surface area (Å²) in [6.45, 7) is 14.3. The van der Waals surface area contributed by atoms with E-state index in [1.54, 1.807) is 0 Å². The second-order valence-electron chi connectivity index (χ2n) is 5.90. The van der Waals surface area contributed by atoms with Crippen LogP contribution in [0.5, 0.6) is 0 Å². The number of rotatable bonds is 4. The molecular weight excluding hydrogens is 264 g/mol. The normalized spacial score (nSPS) is 12.9. The first-order valence-electron chi connectivity index (χ1n) is 5.64. The molecule has 16 heavy (non-hydrogen) atoms. The zero-order valence-electron chi connectivity index (χ0n) is 11.1. The van der Waals surface area contributed by atoms with E-state index in [2.05, 4.69) is 86.0 Å². The molecule has 0 aliphatic heterocycles. The lowest BCUT2D eigenvalue weighted by Crippen LogP contribution is -2.14. The molecule has 0 fully saturated rings. The number of hydrogen-bond donors (Lipinski definition) is 0. The second-order valence-corrected chi connectivity index (χ2v) is 24.3. The fourth-order valence-corrected chi connectivity index (χ4v) is 8.30. The maximum atomic E-state index is 2.39. The highest BCUT2D eigenvalue weighted by atomic mass is 32.4. The average Bonchev–Trinajstić information content (AvgIpc) is 2.03. The smallest absolute Gasteiger partial charge is 0.114 e. The van der Waals surface area contributed by atoms with Gasteiger partial charge in [0, 0.05) is 9.79 Å². The van der Waals surface area contributed by atoms with Crippen LogP contribution < -0.4 is 0 Å². The Morgan fingerprint density at radius 1 is 0.625 bits per heavy atom. The molecule has 90 valence electrons. The SMILES string of the molecule is C[Si](C)(C)Sc1ccc(S[Si](C)(C)C)cc1. The van der Waals surface area contributed by atoms with Crippen molar-refractivity contribution in [1.29, 1.82) is 0 Å². The van der Waals surface area contributed by atoms with Gasteiger partial charge in [0.2, 0.25) is 0 Å². The zero-order chi connectivity index (χ0) is 12.4. The summed E-state index contributed by atoms with van der Waals surface area (Å²) in [5.41, 5.74) is 0. The summed E-state index contributed by atoms with van der Waals surface area (Å²) in [6.07, 6.45) is 0. The van der Waals surface area contributed by atoms with Crippen molar-refractivity contribution < 1.29 is 0 Å². The highest BCUT2D eigenvalue weighted by molar-refractivity contribution is 8.29. The summed E-state index contributed by atoms with van der Waals surface area (Å²) >= 11 is 4.14. The molecule has 0 radical (unpaired) electrons. The Morgan fingerprint density at radius 2 is 0.875 bits per heavy atom.